The van der Waals surface area contributed by atoms with Crippen LogP contribution in [0.1, 0.15) is 30.6 Å². The third-order valence-corrected chi connectivity index (χ3v) is 3.12. The van der Waals surface area contributed by atoms with E-state index in [-0.39, 0.29) is 21.6 Å². The molecule has 19 heavy (non-hydrogen) atoms. The van der Waals surface area contributed by atoms with E-state index in [1.54, 1.807) is 7.11 Å². The predicted molar refractivity (Wildman–Crippen MR) is 76.9 cm³/mol. The van der Waals surface area contributed by atoms with Gasteiger partial charge in [-0.3, -0.25) is 4.79 Å². The zero-order valence-corrected chi connectivity index (χ0v) is 12.8. The molecule has 0 aliphatic rings. The van der Waals surface area contributed by atoms with Crippen molar-refractivity contribution in [3.8, 4) is 0 Å². The van der Waals surface area contributed by atoms with E-state index in [1.807, 2.05) is 0 Å². The lowest BCUT2D eigenvalue weighted by molar-refractivity contribution is 0.0921. The number of hydrogen-bond acceptors (Lipinski definition) is 3. The number of nitrogens with zero attached hydrogens (tertiary/aromatic N) is 1. The Balaban J connectivity index is 2.60. The molecule has 1 heterocycles. The van der Waals surface area contributed by atoms with E-state index < -0.39 is 0 Å². The van der Waals surface area contributed by atoms with Crippen LogP contribution in [0.15, 0.2) is 12.1 Å². The van der Waals surface area contributed by atoms with Crippen molar-refractivity contribution >= 4 is 29.1 Å². The first-order chi connectivity index (χ1) is 8.84. The number of rotatable bonds is 6. The number of methoxy groups -OCH3 is 1. The quantitative estimate of drug-likeness (QED) is 0.821. The van der Waals surface area contributed by atoms with Crippen molar-refractivity contribution in [1.82, 2.24) is 10.3 Å². The van der Waals surface area contributed by atoms with Gasteiger partial charge in [0.05, 0.1) is 0 Å². The summed E-state index contributed by atoms with van der Waals surface area (Å²) in [6.45, 7) is 5.35. The molecule has 1 aromatic rings. The van der Waals surface area contributed by atoms with Crippen LogP contribution in [0.5, 0.6) is 0 Å². The molecule has 1 amide bonds. The van der Waals surface area contributed by atoms with Crippen molar-refractivity contribution in [3.63, 3.8) is 0 Å². The van der Waals surface area contributed by atoms with E-state index >= 15 is 0 Å². The lowest BCUT2D eigenvalue weighted by Gasteiger charge is -2.24. The predicted octanol–water partition coefficient (Wildman–Crippen LogP) is 3.18. The molecular formula is C13H18Cl2N2O2. The smallest absolute Gasteiger partial charge is 0.251 e. The third kappa shape index (κ3) is 5.76. The fourth-order valence-electron chi connectivity index (χ4n) is 1.48. The highest BCUT2D eigenvalue weighted by atomic mass is 35.5. The van der Waals surface area contributed by atoms with E-state index in [9.17, 15) is 4.79 Å². The summed E-state index contributed by atoms with van der Waals surface area (Å²) < 4.78 is 5.04. The molecule has 6 heteroatoms. The highest BCUT2D eigenvalue weighted by molar-refractivity contribution is 6.33. The number of hydrogen-bond donors (Lipinski definition) is 1. The molecule has 0 aliphatic carbocycles. The van der Waals surface area contributed by atoms with Crippen molar-refractivity contribution in [2.45, 2.75) is 20.3 Å². The molecule has 1 aromatic heterocycles. The van der Waals surface area contributed by atoms with Crippen LogP contribution in [0.2, 0.25) is 10.3 Å². The second kappa shape index (κ2) is 7.08. The average Bonchev–Trinajstić information content (AvgIpc) is 2.32. The van der Waals surface area contributed by atoms with Crippen LogP contribution in [0.3, 0.4) is 0 Å². The topological polar surface area (TPSA) is 51.2 Å². The fraction of sp³-hybridized carbons (Fsp3) is 0.538. The Morgan fingerprint density at radius 2 is 1.95 bits per heavy atom. The normalized spacial score (nSPS) is 11.4. The lowest BCUT2D eigenvalue weighted by atomic mass is 9.89. The van der Waals surface area contributed by atoms with Gasteiger partial charge in [0.1, 0.15) is 10.3 Å². The zero-order chi connectivity index (χ0) is 14.5. The Bertz CT molecular complexity index is 430. The molecule has 4 nitrogen and oxygen atoms in total. The number of aromatic nitrogens is 1. The van der Waals surface area contributed by atoms with Gasteiger partial charge in [-0.2, -0.15) is 0 Å². The fourth-order valence-corrected chi connectivity index (χ4v) is 1.94. The summed E-state index contributed by atoms with van der Waals surface area (Å²) in [5, 5.41) is 3.27. The number of carbonyl (C=O) groups excluding carboxylic acids is 1. The van der Waals surface area contributed by atoms with Gasteiger partial charge in [-0.25, -0.2) is 4.98 Å². The molecule has 0 saturated heterocycles. The Hall–Kier alpha value is -0.840. The summed E-state index contributed by atoms with van der Waals surface area (Å²) in [6, 6.07) is 2.98. The van der Waals surface area contributed by atoms with Crippen LogP contribution in [-0.2, 0) is 4.74 Å². The molecule has 0 unspecified atom stereocenters. The molecule has 0 atom stereocenters. The monoisotopic (exact) mass is 304 g/mol. The Morgan fingerprint density at radius 3 is 2.47 bits per heavy atom. The largest absolute Gasteiger partial charge is 0.385 e. The van der Waals surface area contributed by atoms with Crippen molar-refractivity contribution in [2.24, 2.45) is 5.41 Å². The minimum atomic E-state index is -0.211. The molecule has 1 rings (SSSR count). The molecule has 0 bridgehead atoms. The summed E-state index contributed by atoms with van der Waals surface area (Å²) in [4.78, 5) is 15.8. The summed E-state index contributed by atoms with van der Waals surface area (Å²) in [5.74, 6) is -0.211. The Kier molecular flexibility index (Phi) is 6.04. The van der Waals surface area contributed by atoms with Gasteiger partial charge in [0.2, 0.25) is 0 Å². The number of ether oxygens (including phenoxy) is 1. The van der Waals surface area contributed by atoms with E-state index in [4.69, 9.17) is 27.9 Å². The van der Waals surface area contributed by atoms with Gasteiger partial charge in [0.15, 0.2) is 0 Å². The van der Waals surface area contributed by atoms with Crippen LogP contribution in [-0.4, -0.2) is 31.2 Å². The number of pyridine rings is 1. The zero-order valence-electron chi connectivity index (χ0n) is 11.3. The molecule has 0 radical (unpaired) electrons. The lowest BCUT2D eigenvalue weighted by Crippen LogP contribution is -2.34. The second-order valence-electron chi connectivity index (χ2n) is 5.09. The number of amides is 1. The first kappa shape index (κ1) is 16.2. The molecule has 0 aliphatic heterocycles. The van der Waals surface area contributed by atoms with Crippen LogP contribution >= 0.6 is 23.2 Å². The van der Waals surface area contributed by atoms with Gasteiger partial charge in [-0.1, -0.05) is 37.0 Å². The molecule has 1 N–H and O–H groups in total. The molecule has 0 saturated carbocycles. The van der Waals surface area contributed by atoms with Gasteiger partial charge >= 0.3 is 0 Å². The SMILES string of the molecule is COCCC(C)(C)CNC(=O)c1cc(Cl)nc(Cl)c1. The first-order valence-electron chi connectivity index (χ1n) is 5.94. The maximum atomic E-state index is 12.0. The van der Waals surface area contributed by atoms with Crippen LogP contribution < -0.4 is 5.32 Å². The Morgan fingerprint density at radius 1 is 1.37 bits per heavy atom. The Labute approximate surface area is 123 Å². The average molecular weight is 305 g/mol. The summed E-state index contributed by atoms with van der Waals surface area (Å²) in [7, 11) is 1.66. The standard InChI is InChI=1S/C13H18Cl2N2O2/c1-13(2,4-5-19-3)8-16-12(18)9-6-10(14)17-11(15)7-9/h6-7H,4-5,8H2,1-3H3,(H,16,18). The number of carbonyl (C=O) groups is 1. The highest BCUT2D eigenvalue weighted by Gasteiger charge is 2.19. The molecule has 0 spiro atoms. The second-order valence-corrected chi connectivity index (χ2v) is 5.87. The van der Waals surface area contributed by atoms with Crippen molar-refractivity contribution in [3.05, 3.63) is 28.0 Å². The van der Waals surface area contributed by atoms with E-state index in [1.165, 1.54) is 12.1 Å². The van der Waals surface area contributed by atoms with E-state index in [0.29, 0.717) is 18.7 Å². The van der Waals surface area contributed by atoms with Crippen LogP contribution in [0.25, 0.3) is 0 Å². The first-order valence-corrected chi connectivity index (χ1v) is 6.70. The van der Waals surface area contributed by atoms with Crippen molar-refractivity contribution < 1.29 is 9.53 Å². The van der Waals surface area contributed by atoms with Gasteiger partial charge in [0, 0.05) is 25.8 Å². The molecular weight excluding hydrogens is 287 g/mol. The van der Waals surface area contributed by atoms with Crippen molar-refractivity contribution in [2.75, 3.05) is 20.3 Å². The highest BCUT2D eigenvalue weighted by Crippen LogP contribution is 2.19. The number of nitrogens with one attached hydrogen (secondary N) is 1. The minimum absolute atomic E-state index is 0.0354. The maximum Gasteiger partial charge on any atom is 0.251 e. The summed E-state index contributed by atoms with van der Waals surface area (Å²) >= 11 is 11.5. The van der Waals surface area contributed by atoms with Gasteiger partial charge < -0.3 is 10.1 Å². The number of halogens is 2. The van der Waals surface area contributed by atoms with E-state index in [0.717, 1.165) is 6.42 Å². The van der Waals surface area contributed by atoms with Gasteiger partial charge in [-0.15, -0.1) is 0 Å². The van der Waals surface area contributed by atoms with Crippen LogP contribution in [0, 0.1) is 5.41 Å². The van der Waals surface area contributed by atoms with Crippen molar-refractivity contribution in [1.29, 1.82) is 0 Å². The maximum absolute atomic E-state index is 12.0. The minimum Gasteiger partial charge on any atom is -0.385 e. The summed E-state index contributed by atoms with van der Waals surface area (Å²) in [6.07, 6.45) is 0.863. The molecule has 0 fully saturated rings. The van der Waals surface area contributed by atoms with Crippen LogP contribution in [0.4, 0.5) is 0 Å². The van der Waals surface area contributed by atoms with Gasteiger partial charge in [-0.05, 0) is 24.0 Å². The molecule has 0 aromatic carbocycles. The third-order valence-electron chi connectivity index (χ3n) is 2.74. The summed E-state index contributed by atoms with van der Waals surface area (Å²) in [5.41, 5.74) is 0.374. The van der Waals surface area contributed by atoms with E-state index in [2.05, 4.69) is 24.1 Å². The van der Waals surface area contributed by atoms with Gasteiger partial charge in [0.25, 0.3) is 5.91 Å². The molecule has 106 valence electrons.